The van der Waals surface area contributed by atoms with Crippen molar-refractivity contribution in [2.75, 3.05) is 12.4 Å². The fraction of sp³-hybridized carbons (Fsp3) is 0.125. The van der Waals surface area contributed by atoms with Gasteiger partial charge in [0.05, 0.1) is 24.8 Å². The summed E-state index contributed by atoms with van der Waals surface area (Å²) < 4.78 is 18.2. The molecule has 2 aromatic carbocycles. The molecule has 0 saturated heterocycles. The number of hydrogen-bond donors (Lipinski definition) is 1. The number of anilines is 1. The summed E-state index contributed by atoms with van der Waals surface area (Å²) in [6.07, 6.45) is 0.103. The summed E-state index contributed by atoms with van der Waals surface area (Å²) in [5.74, 6) is -0.204. The predicted molar refractivity (Wildman–Crippen MR) is 76.4 cm³/mol. The smallest absolute Gasteiger partial charge is 0.228 e. The minimum Gasteiger partial charge on any atom is -0.496 e. The van der Waals surface area contributed by atoms with Crippen LogP contribution in [-0.2, 0) is 11.2 Å². The molecule has 0 aliphatic carbocycles. The molecule has 0 aliphatic heterocycles. The Bertz CT molecular complexity index is 708. The van der Waals surface area contributed by atoms with Gasteiger partial charge in [-0.3, -0.25) is 4.79 Å². The summed E-state index contributed by atoms with van der Waals surface area (Å²) in [7, 11) is 1.53. The average molecular weight is 284 g/mol. The molecule has 2 rings (SSSR count). The predicted octanol–water partition coefficient (Wildman–Crippen LogP) is 2.89. The Morgan fingerprint density at radius 2 is 2.10 bits per heavy atom. The standard InChI is InChI=1S/C16H13FN2O2/c1-21-15-5-3-2-4-11(15)9-16(20)19-14-7-6-13(17)8-12(14)10-18/h2-8H,9H2,1H3,(H,19,20). The molecule has 0 aliphatic rings. The average Bonchev–Trinajstić information content (AvgIpc) is 2.49. The zero-order valence-electron chi connectivity index (χ0n) is 11.4. The van der Waals surface area contributed by atoms with Gasteiger partial charge in [-0.15, -0.1) is 0 Å². The van der Waals surface area contributed by atoms with Gasteiger partial charge >= 0.3 is 0 Å². The van der Waals surface area contributed by atoms with Crippen molar-refractivity contribution in [3.63, 3.8) is 0 Å². The molecule has 0 unspecified atom stereocenters. The van der Waals surface area contributed by atoms with Gasteiger partial charge in [-0.1, -0.05) is 18.2 Å². The van der Waals surface area contributed by atoms with E-state index in [-0.39, 0.29) is 17.9 Å². The maximum absolute atomic E-state index is 13.0. The first-order valence-corrected chi connectivity index (χ1v) is 6.25. The van der Waals surface area contributed by atoms with Crippen molar-refractivity contribution in [1.29, 1.82) is 5.26 Å². The van der Waals surface area contributed by atoms with Crippen molar-refractivity contribution in [3.8, 4) is 11.8 Å². The van der Waals surface area contributed by atoms with E-state index in [4.69, 9.17) is 10.00 Å². The lowest BCUT2D eigenvalue weighted by atomic mass is 10.1. The molecule has 0 atom stereocenters. The van der Waals surface area contributed by atoms with Crippen LogP contribution in [0.2, 0.25) is 0 Å². The number of nitrogens with zero attached hydrogens (tertiary/aromatic N) is 1. The fourth-order valence-electron chi connectivity index (χ4n) is 1.93. The molecule has 0 spiro atoms. The first-order valence-electron chi connectivity index (χ1n) is 6.25. The SMILES string of the molecule is COc1ccccc1CC(=O)Nc1ccc(F)cc1C#N. The van der Waals surface area contributed by atoms with E-state index in [0.29, 0.717) is 11.4 Å². The summed E-state index contributed by atoms with van der Waals surface area (Å²) in [5, 5.41) is 11.5. The number of nitriles is 1. The third-order valence-electron chi connectivity index (χ3n) is 2.92. The third kappa shape index (κ3) is 3.57. The largest absolute Gasteiger partial charge is 0.496 e. The summed E-state index contributed by atoms with van der Waals surface area (Å²) in [4.78, 5) is 12.0. The van der Waals surface area contributed by atoms with E-state index in [9.17, 15) is 9.18 Å². The van der Waals surface area contributed by atoms with Gasteiger partial charge in [-0.25, -0.2) is 4.39 Å². The van der Waals surface area contributed by atoms with E-state index in [1.807, 2.05) is 18.2 Å². The van der Waals surface area contributed by atoms with Gasteiger partial charge in [-0.05, 0) is 24.3 Å². The van der Waals surface area contributed by atoms with Crippen molar-refractivity contribution in [2.45, 2.75) is 6.42 Å². The van der Waals surface area contributed by atoms with Crippen LogP contribution in [0.4, 0.5) is 10.1 Å². The normalized spacial score (nSPS) is 9.76. The first kappa shape index (κ1) is 14.5. The van der Waals surface area contributed by atoms with Gasteiger partial charge in [0.25, 0.3) is 0 Å². The number of hydrogen-bond acceptors (Lipinski definition) is 3. The highest BCUT2D eigenvalue weighted by Crippen LogP contribution is 2.20. The molecule has 2 aromatic rings. The van der Waals surface area contributed by atoms with Crippen LogP contribution in [0.3, 0.4) is 0 Å². The monoisotopic (exact) mass is 284 g/mol. The van der Waals surface area contributed by atoms with E-state index in [1.54, 1.807) is 12.1 Å². The molecule has 0 bridgehead atoms. The minimum absolute atomic E-state index is 0.0865. The van der Waals surface area contributed by atoms with Gasteiger partial charge in [0.15, 0.2) is 0 Å². The van der Waals surface area contributed by atoms with E-state index in [0.717, 1.165) is 11.6 Å². The van der Waals surface area contributed by atoms with Crippen LogP contribution in [0.25, 0.3) is 0 Å². The number of amides is 1. The van der Waals surface area contributed by atoms with Gasteiger partial charge in [0.1, 0.15) is 17.6 Å². The second kappa shape index (κ2) is 6.53. The number of benzene rings is 2. The molecule has 0 radical (unpaired) electrons. The highest BCUT2D eigenvalue weighted by atomic mass is 19.1. The summed E-state index contributed by atoms with van der Waals surface area (Å²) >= 11 is 0. The van der Waals surface area contributed by atoms with Crippen molar-refractivity contribution < 1.29 is 13.9 Å². The van der Waals surface area contributed by atoms with Crippen LogP contribution >= 0.6 is 0 Å². The Morgan fingerprint density at radius 3 is 2.81 bits per heavy atom. The van der Waals surface area contributed by atoms with Crippen molar-refractivity contribution in [1.82, 2.24) is 0 Å². The number of nitrogens with one attached hydrogen (secondary N) is 1. The van der Waals surface area contributed by atoms with Gasteiger partial charge < -0.3 is 10.1 Å². The lowest BCUT2D eigenvalue weighted by Gasteiger charge is -2.09. The molecule has 0 heterocycles. The molecule has 21 heavy (non-hydrogen) atoms. The zero-order chi connectivity index (χ0) is 15.2. The molecule has 1 N–H and O–H groups in total. The highest BCUT2D eigenvalue weighted by molar-refractivity contribution is 5.93. The summed E-state index contributed by atoms with van der Waals surface area (Å²) in [6, 6.07) is 12.7. The van der Waals surface area contributed by atoms with Crippen molar-refractivity contribution in [3.05, 3.63) is 59.4 Å². The molecule has 106 valence electrons. The molecular weight excluding hydrogens is 271 g/mol. The molecule has 4 nitrogen and oxygen atoms in total. The lowest BCUT2D eigenvalue weighted by Crippen LogP contribution is -2.15. The quantitative estimate of drug-likeness (QED) is 0.939. The van der Waals surface area contributed by atoms with E-state index < -0.39 is 5.82 Å². The van der Waals surface area contributed by atoms with Crippen LogP contribution < -0.4 is 10.1 Å². The van der Waals surface area contributed by atoms with Gasteiger partial charge in [0.2, 0.25) is 5.91 Å². The molecule has 0 saturated carbocycles. The van der Waals surface area contributed by atoms with Gasteiger partial charge in [-0.2, -0.15) is 5.26 Å². The number of halogens is 1. The number of methoxy groups -OCH3 is 1. The number of carbonyl (C=O) groups is 1. The maximum Gasteiger partial charge on any atom is 0.228 e. The van der Waals surface area contributed by atoms with Crippen LogP contribution in [0, 0.1) is 17.1 Å². The van der Waals surface area contributed by atoms with Crippen LogP contribution in [-0.4, -0.2) is 13.0 Å². The third-order valence-corrected chi connectivity index (χ3v) is 2.92. The summed E-state index contributed by atoms with van der Waals surface area (Å²) in [6.45, 7) is 0. The zero-order valence-corrected chi connectivity index (χ0v) is 11.4. The van der Waals surface area contributed by atoms with Crippen LogP contribution in [0.5, 0.6) is 5.75 Å². The Labute approximate surface area is 121 Å². The number of carbonyl (C=O) groups excluding carboxylic acids is 1. The molecule has 0 fully saturated rings. The van der Waals surface area contributed by atoms with Crippen LogP contribution in [0.15, 0.2) is 42.5 Å². The fourth-order valence-corrected chi connectivity index (χ4v) is 1.93. The van der Waals surface area contributed by atoms with Gasteiger partial charge in [0, 0.05) is 5.56 Å². The van der Waals surface area contributed by atoms with E-state index >= 15 is 0 Å². The second-order valence-corrected chi connectivity index (χ2v) is 4.34. The Morgan fingerprint density at radius 1 is 1.33 bits per heavy atom. The molecule has 1 amide bonds. The number of ether oxygens (including phenoxy) is 1. The second-order valence-electron chi connectivity index (χ2n) is 4.34. The lowest BCUT2D eigenvalue weighted by molar-refractivity contribution is -0.115. The highest BCUT2D eigenvalue weighted by Gasteiger charge is 2.11. The Balaban J connectivity index is 2.14. The minimum atomic E-state index is -0.519. The summed E-state index contributed by atoms with van der Waals surface area (Å²) in [5.41, 5.74) is 1.11. The Hall–Kier alpha value is -2.87. The molecular formula is C16H13FN2O2. The maximum atomic E-state index is 13.0. The van der Waals surface area contributed by atoms with Crippen molar-refractivity contribution in [2.24, 2.45) is 0 Å². The molecule has 5 heteroatoms. The Kier molecular flexibility index (Phi) is 4.52. The first-order chi connectivity index (χ1) is 10.1. The van der Waals surface area contributed by atoms with Crippen molar-refractivity contribution >= 4 is 11.6 Å². The molecule has 0 aromatic heterocycles. The number of para-hydroxylation sites is 1. The number of rotatable bonds is 4. The topological polar surface area (TPSA) is 62.1 Å². The van der Waals surface area contributed by atoms with E-state index in [1.165, 1.54) is 19.2 Å². The van der Waals surface area contributed by atoms with Crippen LogP contribution in [0.1, 0.15) is 11.1 Å². The van der Waals surface area contributed by atoms with E-state index in [2.05, 4.69) is 5.32 Å².